The van der Waals surface area contributed by atoms with Gasteiger partial charge in [-0.2, -0.15) is 0 Å². The van der Waals surface area contributed by atoms with E-state index in [0.29, 0.717) is 6.04 Å². The number of rotatable bonds is 9. The molecule has 0 bridgehead atoms. The van der Waals surface area contributed by atoms with E-state index in [4.69, 9.17) is 4.74 Å². The SMILES string of the molecule is CCNC(CC)CCCCOc1ccccc1. The third-order valence-electron chi connectivity index (χ3n) is 2.94. The van der Waals surface area contributed by atoms with E-state index in [9.17, 15) is 0 Å². The minimum absolute atomic E-state index is 0.678. The van der Waals surface area contributed by atoms with Gasteiger partial charge >= 0.3 is 0 Å². The van der Waals surface area contributed by atoms with Crippen LogP contribution in [0.3, 0.4) is 0 Å². The molecular weight excluding hydrogens is 210 g/mol. The Balaban J connectivity index is 2.04. The second-order valence-corrected chi connectivity index (χ2v) is 4.32. The summed E-state index contributed by atoms with van der Waals surface area (Å²) in [6, 6.07) is 10.7. The van der Waals surface area contributed by atoms with Crippen molar-refractivity contribution in [2.75, 3.05) is 13.2 Å². The normalized spacial score (nSPS) is 12.4. The zero-order valence-electron chi connectivity index (χ0n) is 11.1. The summed E-state index contributed by atoms with van der Waals surface area (Å²) >= 11 is 0. The monoisotopic (exact) mass is 235 g/mol. The molecule has 0 radical (unpaired) electrons. The van der Waals surface area contributed by atoms with Crippen molar-refractivity contribution in [3.05, 3.63) is 30.3 Å². The Morgan fingerprint density at radius 2 is 1.88 bits per heavy atom. The molecule has 0 amide bonds. The summed E-state index contributed by atoms with van der Waals surface area (Å²) < 4.78 is 5.66. The van der Waals surface area contributed by atoms with Gasteiger partial charge in [-0.15, -0.1) is 0 Å². The van der Waals surface area contributed by atoms with Crippen LogP contribution in [0.2, 0.25) is 0 Å². The van der Waals surface area contributed by atoms with Crippen molar-refractivity contribution in [1.29, 1.82) is 0 Å². The standard InChI is InChI=1S/C15H25NO/c1-3-14(16-4-2)10-8-9-13-17-15-11-6-5-7-12-15/h5-7,11-12,14,16H,3-4,8-10,13H2,1-2H3. The van der Waals surface area contributed by atoms with Crippen molar-refractivity contribution in [1.82, 2.24) is 5.32 Å². The van der Waals surface area contributed by atoms with Crippen LogP contribution < -0.4 is 10.1 Å². The molecule has 1 aromatic rings. The number of unbranched alkanes of at least 4 members (excludes halogenated alkanes) is 1. The van der Waals surface area contributed by atoms with Crippen LogP contribution in [0.4, 0.5) is 0 Å². The second kappa shape index (κ2) is 9.06. The fourth-order valence-corrected chi connectivity index (χ4v) is 1.94. The third kappa shape index (κ3) is 6.32. The number of hydrogen-bond acceptors (Lipinski definition) is 2. The molecular formula is C15H25NO. The van der Waals surface area contributed by atoms with Gasteiger partial charge in [-0.25, -0.2) is 0 Å². The Morgan fingerprint density at radius 3 is 2.53 bits per heavy atom. The first-order valence-electron chi connectivity index (χ1n) is 6.78. The van der Waals surface area contributed by atoms with Crippen LogP contribution in [0.15, 0.2) is 30.3 Å². The number of hydrogen-bond donors (Lipinski definition) is 1. The van der Waals surface area contributed by atoms with Gasteiger partial charge in [0.1, 0.15) is 5.75 Å². The smallest absolute Gasteiger partial charge is 0.119 e. The summed E-state index contributed by atoms with van der Waals surface area (Å²) in [6.07, 6.45) is 4.84. The zero-order chi connectivity index (χ0) is 12.3. The molecule has 0 saturated carbocycles. The van der Waals surface area contributed by atoms with Gasteiger partial charge in [0.05, 0.1) is 6.61 Å². The maximum atomic E-state index is 5.66. The van der Waals surface area contributed by atoms with E-state index in [1.54, 1.807) is 0 Å². The van der Waals surface area contributed by atoms with E-state index in [1.165, 1.54) is 19.3 Å². The zero-order valence-corrected chi connectivity index (χ0v) is 11.1. The molecule has 96 valence electrons. The van der Waals surface area contributed by atoms with E-state index < -0.39 is 0 Å². The number of nitrogens with one attached hydrogen (secondary N) is 1. The van der Waals surface area contributed by atoms with Gasteiger partial charge in [-0.05, 0) is 44.4 Å². The highest BCUT2D eigenvalue weighted by atomic mass is 16.5. The van der Waals surface area contributed by atoms with Crippen molar-refractivity contribution in [3.8, 4) is 5.75 Å². The average Bonchev–Trinajstić information content (AvgIpc) is 2.38. The minimum atomic E-state index is 0.678. The van der Waals surface area contributed by atoms with Crippen molar-refractivity contribution >= 4 is 0 Å². The third-order valence-corrected chi connectivity index (χ3v) is 2.94. The first-order valence-corrected chi connectivity index (χ1v) is 6.78. The fourth-order valence-electron chi connectivity index (χ4n) is 1.94. The lowest BCUT2D eigenvalue weighted by Gasteiger charge is -2.15. The Kier molecular flexibility index (Phi) is 7.48. The molecule has 1 rings (SSSR count). The molecule has 0 heterocycles. The number of para-hydroxylation sites is 1. The van der Waals surface area contributed by atoms with Crippen LogP contribution in [-0.2, 0) is 0 Å². The molecule has 0 aromatic heterocycles. The van der Waals surface area contributed by atoms with E-state index >= 15 is 0 Å². The van der Waals surface area contributed by atoms with Gasteiger partial charge in [0.25, 0.3) is 0 Å². The van der Waals surface area contributed by atoms with E-state index in [-0.39, 0.29) is 0 Å². The van der Waals surface area contributed by atoms with Gasteiger partial charge < -0.3 is 10.1 Å². The highest BCUT2D eigenvalue weighted by molar-refractivity contribution is 5.20. The van der Waals surface area contributed by atoms with Gasteiger partial charge in [0.2, 0.25) is 0 Å². The number of benzene rings is 1. The molecule has 0 spiro atoms. The Labute approximate surface area is 105 Å². The highest BCUT2D eigenvalue weighted by Crippen LogP contribution is 2.10. The predicted molar refractivity (Wildman–Crippen MR) is 73.5 cm³/mol. The average molecular weight is 235 g/mol. The van der Waals surface area contributed by atoms with Crippen molar-refractivity contribution in [3.63, 3.8) is 0 Å². The molecule has 2 nitrogen and oxygen atoms in total. The maximum absolute atomic E-state index is 5.66. The molecule has 0 saturated heterocycles. The summed E-state index contributed by atoms with van der Waals surface area (Å²) in [6.45, 7) is 6.31. The van der Waals surface area contributed by atoms with Crippen molar-refractivity contribution in [2.24, 2.45) is 0 Å². The summed E-state index contributed by atoms with van der Waals surface area (Å²) in [5.41, 5.74) is 0. The van der Waals surface area contributed by atoms with Gasteiger partial charge in [-0.1, -0.05) is 32.0 Å². The molecule has 0 fully saturated rings. The summed E-state index contributed by atoms with van der Waals surface area (Å²) in [4.78, 5) is 0. The van der Waals surface area contributed by atoms with Crippen molar-refractivity contribution in [2.45, 2.75) is 45.6 Å². The fraction of sp³-hybridized carbons (Fsp3) is 0.600. The van der Waals surface area contributed by atoms with Crippen LogP contribution >= 0.6 is 0 Å². The summed E-state index contributed by atoms with van der Waals surface area (Å²) in [7, 11) is 0. The molecule has 17 heavy (non-hydrogen) atoms. The lowest BCUT2D eigenvalue weighted by molar-refractivity contribution is 0.300. The van der Waals surface area contributed by atoms with Crippen LogP contribution in [0.5, 0.6) is 5.75 Å². The lowest BCUT2D eigenvalue weighted by atomic mass is 10.1. The topological polar surface area (TPSA) is 21.3 Å². The predicted octanol–water partition coefficient (Wildman–Crippen LogP) is 3.62. The molecule has 1 unspecified atom stereocenters. The summed E-state index contributed by atoms with van der Waals surface area (Å²) in [5.74, 6) is 0.978. The van der Waals surface area contributed by atoms with Crippen LogP contribution in [0.25, 0.3) is 0 Å². The van der Waals surface area contributed by atoms with Crippen LogP contribution in [0, 0.1) is 0 Å². The number of ether oxygens (including phenoxy) is 1. The van der Waals surface area contributed by atoms with Crippen molar-refractivity contribution < 1.29 is 4.74 Å². The quantitative estimate of drug-likeness (QED) is 0.660. The maximum Gasteiger partial charge on any atom is 0.119 e. The minimum Gasteiger partial charge on any atom is -0.494 e. The Bertz CT molecular complexity index is 274. The molecule has 0 aliphatic rings. The van der Waals surface area contributed by atoms with E-state index in [0.717, 1.165) is 25.3 Å². The Hall–Kier alpha value is -1.02. The molecule has 0 aliphatic carbocycles. The van der Waals surface area contributed by atoms with E-state index in [2.05, 4.69) is 19.2 Å². The van der Waals surface area contributed by atoms with Gasteiger partial charge in [0.15, 0.2) is 0 Å². The molecule has 1 aromatic carbocycles. The highest BCUT2D eigenvalue weighted by Gasteiger charge is 2.03. The molecule has 0 aliphatic heterocycles. The molecule has 1 atom stereocenters. The van der Waals surface area contributed by atoms with Gasteiger partial charge in [-0.3, -0.25) is 0 Å². The van der Waals surface area contributed by atoms with E-state index in [1.807, 2.05) is 30.3 Å². The second-order valence-electron chi connectivity index (χ2n) is 4.32. The first kappa shape index (κ1) is 14.0. The summed E-state index contributed by atoms with van der Waals surface area (Å²) in [5, 5.41) is 3.50. The first-order chi connectivity index (χ1) is 8.36. The molecule has 2 heteroatoms. The Morgan fingerprint density at radius 1 is 1.12 bits per heavy atom. The lowest BCUT2D eigenvalue weighted by Crippen LogP contribution is -2.27. The largest absolute Gasteiger partial charge is 0.494 e. The van der Waals surface area contributed by atoms with Crippen LogP contribution in [0.1, 0.15) is 39.5 Å². The van der Waals surface area contributed by atoms with Crippen LogP contribution in [-0.4, -0.2) is 19.2 Å². The van der Waals surface area contributed by atoms with Gasteiger partial charge in [0, 0.05) is 6.04 Å². The molecule has 1 N–H and O–H groups in total.